The molecule has 2 unspecified atom stereocenters. The summed E-state index contributed by atoms with van der Waals surface area (Å²) in [6.07, 6.45) is 5.16. The number of rotatable bonds is 4. The molecule has 1 aromatic rings. The van der Waals surface area contributed by atoms with Crippen LogP contribution in [0.2, 0.25) is 0 Å². The first-order chi connectivity index (χ1) is 9.28. The average Bonchev–Trinajstić information content (AvgIpc) is 2.69. The van der Waals surface area contributed by atoms with Crippen molar-refractivity contribution < 1.29 is 5.11 Å². The predicted octanol–water partition coefficient (Wildman–Crippen LogP) is 2.40. The van der Waals surface area contributed by atoms with Crippen LogP contribution in [0.15, 0.2) is 18.2 Å². The van der Waals surface area contributed by atoms with Gasteiger partial charge in [-0.2, -0.15) is 0 Å². The third kappa shape index (κ3) is 2.54. The van der Waals surface area contributed by atoms with Gasteiger partial charge >= 0.3 is 0 Å². The molecule has 0 aromatic carbocycles. The molecule has 2 N–H and O–H groups in total. The van der Waals surface area contributed by atoms with Crippen LogP contribution in [0.4, 0.5) is 11.6 Å². The molecule has 1 aromatic heterocycles. The Labute approximate surface area is 114 Å². The number of anilines is 2. The molecular weight excluding hydrogens is 238 g/mol. The number of aliphatic hydroxyl groups is 1. The van der Waals surface area contributed by atoms with Gasteiger partial charge in [0.25, 0.3) is 0 Å². The summed E-state index contributed by atoms with van der Waals surface area (Å²) in [6, 6.07) is 7.15. The Bertz CT molecular complexity index is 423. The van der Waals surface area contributed by atoms with E-state index in [4.69, 9.17) is 4.98 Å². The van der Waals surface area contributed by atoms with Gasteiger partial charge in [0.2, 0.25) is 0 Å². The molecule has 19 heavy (non-hydrogen) atoms. The Morgan fingerprint density at radius 1 is 1.32 bits per heavy atom. The molecule has 2 fully saturated rings. The van der Waals surface area contributed by atoms with Gasteiger partial charge in [-0.25, -0.2) is 4.98 Å². The summed E-state index contributed by atoms with van der Waals surface area (Å²) < 4.78 is 0. The van der Waals surface area contributed by atoms with Crippen LogP contribution in [0.5, 0.6) is 0 Å². The van der Waals surface area contributed by atoms with Gasteiger partial charge in [-0.3, -0.25) is 0 Å². The fourth-order valence-corrected chi connectivity index (χ4v) is 3.44. The second-order valence-corrected chi connectivity index (χ2v) is 5.73. The highest BCUT2D eigenvalue weighted by Crippen LogP contribution is 2.38. The third-order valence-corrected chi connectivity index (χ3v) is 4.26. The minimum Gasteiger partial charge on any atom is -0.393 e. The molecule has 2 saturated heterocycles. The lowest BCUT2D eigenvalue weighted by molar-refractivity contribution is 0.126. The summed E-state index contributed by atoms with van der Waals surface area (Å²) in [4.78, 5) is 7.17. The summed E-state index contributed by atoms with van der Waals surface area (Å²) in [5.74, 6) is 2.03. The van der Waals surface area contributed by atoms with E-state index in [2.05, 4.69) is 29.3 Å². The molecule has 3 rings (SSSR count). The van der Waals surface area contributed by atoms with E-state index in [1.165, 1.54) is 12.8 Å². The molecule has 0 spiro atoms. The van der Waals surface area contributed by atoms with E-state index in [1.54, 1.807) is 0 Å². The summed E-state index contributed by atoms with van der Waals surface area (Å²) in [5, 5.41) is 13.2. The Morgan fingerprint density at radius 3 is 2.74 bits per heavy atom. The zero-order chi connectivity index (χ0) is 13.2. The van der Waals surface area contributed by atoms with Crippen LogP contribution in [-0.4, -0.2) is 34.8 Å². The molecule has 2 aliphatic heterocycles. The summed E-state index contributed by atoms with van der Waals surface area (Å²) in [6.45, 7) is 3.12. The zero-order valence-electron chi connectivity index (χ0n) is 11.5. The first kappa shape index (κ1) is 12.7. The number of hydrogen-bond acceptors (Lipinski definition) is 4. The Kier molecular flexibility index (Phi) is 3.60. The number of fused-ring (bicyclic) bond motifs is 2. The molecule has 4 heteroatoms. The van der Waals surface area contributed by atoms with Crippen molar-refractivity contribution in [2.75, 3.05) is 16.8 Å². The zero-order valence-corrected chi connectivity index (χ0v) is 11.5. The molecule has 4 nitrogen and oxygen atoms in total. The van der Waals surface area contributed by atoms with Gasteiger partial charge in [-0.15, -0.1) is 0 Å². The molecular formula is C15H23N3O. The van der Waals surface area contributed by atoms with E-state index in [0.29, 0.717) is 12.1 Å². The van der Waals surface area contributed by atoms with Gasteiger partial charge in [0.05, 0.1) is 6.10 Å². The largest absolute Gasteiger partial charge is 0.393 e. The van der Waals surface area contributed by atoms with Crippen LogP contribution < -0.4 is 10.2 Å². The van der Waals surface area contributed by atoms with Crippen molar-refractivity contribution in [2.24, 2.45) is 0 Å². The van der Waals surface area contributed by atoms with Crippen molar-refractivity contribution in [3.05, 3.63) is 18.2 Å². The minimum atomic E-state index is -0.116. The second kappa shape index (κ2) is 5.37. The Morgan fingerprint density at radius 2 is 2.05 bits per heavy atom. The highest BCUT2D eigenvalue weighted by atomic mass is 16.3. The summed E-state index contributed by atoms with van der Waals surface area (Å²) in [5.41, 5.74) is 0. The van der Waals surface area contributed by atoms with Crippen molar-refractivity contribution in [3.8, 4) is 0 Å². The quantitative estimate of drug-likeness (QED) is 0.874. The number of nitrogens with one attached hydrogen (secondary N) is 1. The molecule has 0 saturated carbocycles. The number of aliphatic hydroxyl groups excluding tert-OH is 1. The lowest BCUT2D eigenvalue weighted by Gasteiger charge is -2.38. The first-order valence-electron chi connectivity index (χ1n) is 7.45. The molecule has 2 atom stereocenters. The predicted molar refractivity (Wildman–Crippen MR) is 77.5 cm³/mol. The van der Waals surface area contributed by atoms with Gasteiger partial charge in [0.1, 0.15) is 11.6 Å². The van der Waals surface area contributed by atoms with Crippen LogP contribution in [0.3, 0.4) is 0 Å². The standard InChI is InChI=1S/C15H23N3O/c1-2-8-16-14-4-3-5-15(17-14)18-11-6-7-12(18)10-13(19)9-11/h3-5,11-13,19H,2,6-10H2,1H3,(H,16,17). The van der Waals surface area contributed by atoms with E-state index in [-0.39, 0.29) is 6.10 Å². The van der Waals surface area contributed by atoms with Gasteiger partial charge in [0.15, 0.2) is 0 Å². The van der Waals surface area contributed by atoms with Crippen LogP contribution in [0.1, 0.15) is 39.0 Å². The number of nitrogens with zero attached hydrogens (tertiary/aromatic N) is 2. The van der Waals surface area contributed by atoms with Crippen molar-refractivity contribution in [1.29, 1.82) is 0 Å². The molecule has 0 radical (unpaired) electrons. The first-order valence-corrected chi connectivity index (χ1v) is 7.45. The smallest absolute Gasteiger partial charge is 0.131 e. The summed E-state index contributed by atoms with van der Waals surface area (Å²) in [7, 11) is 0. The maximum atomic E-state index is 9.87. The number of aromatic nitrogens is 1. The number of piperidine rings is 1. The van der Waals surface area contributed by atoms with E-state index in [9.17, 15) is 5.11 Å². The SMILES string of the molecule is CCCNc1cccc(N2C3CCC2CC(O)C3)n1. The normalized spacial score (nSPS) is 29.6. The van der Waals surface area contributed by atoms with Gasteiger partial charge in [-0.05, 0) is 44.2 Å². The van der Waals surface area contributed by atoms with E-state index < -0.39 is 0 Å². The fraction of sp³-hybridized carbons (Fsp3) is 0.667. The monoisotopic (exact) mass is 261 g/mol. The van der Waals surface area contributed by atoms with Crippen molar-refractivity contribution >= 4 is 11.6 Å². The third-order valence-electron chi connectivity index (χ3n) is 4.26. The number of hydrogen-bond donors (Lipinski definition) is 2. The van der Waals surface area contributed by atoms with E-state index in [0.717, 1.165) is 37.4 Å². The van der Waals surface area contributed by atoms with E-state index in [1.807, 2.05) is 6.07 Å². The highest BCUT2D eigenvalue weighted by Gasteiger charge is 2.40. The van der Waals surface area contributed by atoms with Gasteiger partial charge < -0.3 is 15.3 Å². The minimum absolute atomic E-state index is 0.116. The van der Waals surface area contributed by atoms with Gasteiger partial charge in [-0.1, -0.05) is 13.0 Å². The number of pyridine rings is 1. The van der Waals surface area contributed by atoms with Crippen LogP contribution in [-0.2, 0) is 0 Å². The highest BCUT2D eigenvalue weighted by molar-refractivity contribution is 5.50. The van der Waals surface area contributed by atoms with Gasteiger partial charge in [0, 0.05) is 18.6 Å². The molecule has 0 amide bonds. The van der Waals surface area contributed by atoms with E-state index >= 15 is 0 Å². The molecule has 0 aliphatic carbocycles. The van der Waals surface area contributed by atoms with Crippen molar-refractivity contribution in [1.82, 2.24) is 4.98 Å². The maximum Gasteiger partial charge on any atom is 0.131 e. The molecule has 2 bridgehead atoms. The summed E-state index contributed by atoms with van der Waals surface area (Å²) >= 11 is 0. The van der Waals surface area contributed by atoms with Crippen LogP contribution >= 0.6 is 0 Å². The van der Waals surface area contributed by atoms with Crippen LogP contribution in [0, 0.1) is 0 Å². The van der Waals surface area contributed by atoms with Crippen molar-refractivity contribution in [2.45, 2.75) is 57.2 Å². The Hall–Kier alpha value is -1.29. The lowest BCUT2D eigenvalue weighted by Crippen LogP contribution is -2.45. The molecule has 2 aliphatic rings. The van der Waals surface area contributed by atoms with Crippen LogP contribution in [0.25, 0.3) is 0 Å². The molecule has 3 heterocycles. The topological polar surface area (TPSA) is 48.4 Å². The lowest BCUT2D eigenvalue weighted by atomic mass is 10.00. The Balaban J connectivity index is 1.79. The molecule has 104 valence electrons. The fourth-order valence-electron chi connectivity index (χ4n) is 3.44. The van der Waals surface area contributed by atoms with Crippen molar-refractivity contribution in [3.63, 3.8) is 0 Å². The second-order valence-electron chi connectivity index (χ2n) is 5.73. The average molecular weight is 261 g/mol. The maximum absolute atomic E-state index is 9.87.